The maximum atomic E-state index is 13.4. The molecular weight excluding hydrogens is 338 g/mol. The van der Waals surface area contributed by atoms with Gasteiger partial charge in [0.2, 0.25) is 0 Å². The van der Waals surface area contributed by atoms with E-state index in [1.165, 1.54) is 5.57 Å². The van der Waals surface area contributed by atoms with Gasteiger partial charge in [0.25, 0.3) is 0 Å². The second kappa shape index (κ2) is 5.79. The number of hydrogen-bond acceptors (Lipinski definition) is 4. The number of carbonyl (C=O) groups is 1. The fraction of sp³-hybridized carbons (Fsp3) is 0.522. The van der Waals surface area contributed by atoms with E-state index in [1.807, 2.05) is 12.2 Å². The van der Waals surface area contributed by atoms with Crippen LogP contribution in [0.4, 0.5) is 0 Å². The van der Waals surface area contributed by atoms with E-state index in [9.17, 15) is 4.79 Å². The topological polar surface area (TPSA) is 38.8 Å². The van der Waals surface area contributed by atoms with Gasteiger partial charge in [0.1, 0.15) is 11.9 Å². The van der Waals surface area contributed by atoms with Crippen molar-refractivity contribution in [1.82, 2.24) is 4.90 Å². The number of carbonyl (C=O) groups excluding carboxylic acids is 1. The predicted molar refractivity (Wildman–Crippen MR) is 104 cm³/mol. The molecule has 4 heteroatoms. The van der Waals surface area contributed by atoms with Crippen molar-refractivity contribution in [2.75, 3.05) is 26.3 Å². The molecule has 5 aliphatic rings. The van der Waals surface area contributed by atoms with Crippen LogP contribution in [0.1, 0.15) is 27.2 Å². The van der Waals surface area contributed by atoms with Crippen LogP contribution in [0.15, 0.2) is 58.9 Å². The Hall–Kier alpha value is -1.91. The third-order valence-corrected chi connectivity index (χ3v) is 6.93. The first-order valence-corrected chi connectivity index (χ1v) is 9.98. The second-order valence-electron chi connectivity index (χ2n) is 8.93. The molecule has 5 rings (SSSR count). The Morgan fingerprint density at radius 2 is 1.85 bits per heavy atom. The fourth-order valence-electron chi connectivity index (χ4n) is 5.27. The lowest BCUT2D eigenvalue weighted by Gasteiger charge is -2.47. The Morgan fingerprint density at radius 1 is 1.11 bits per heavy atom. The number of fused-ring (bicyclic) bond motifs is 2. The van der Waals surface area contributed by atoms with E-state index in [1.54, 1.807) is 0 Å². The maximum Gasteiger partial charge on any atom is 0.193 e. The Labute approximate surface area is 160 Å². The van der Waals surface area contributed by atoms with Gasteiger partial charge in [-0.05, 0) is 38.8 Å². The van der Waals surface area contributed by atoms with Crippen molar-refractivity contribution in [3.05, 3.63) is 58.9 Å². The molecule has 4 nitrogen and oxygen atoms in total. The molecule has 2 heterocycles. The summed E-state index contributed by atoms with van der Waals surface area (Å²) in [7, 11) is 0. The summed E-state index contributed by atoms with van der Waals surface area (Å²) in [5.74, 6) is 1.09. The minimum atomic E-state index is -0.268. The van der Waals surface area contributed by atoms with E-state index in [4.69, 9.17) is 9.47 Å². The Bertz CT molecular complexity index is 851. The van der Waals surface area contributed by atoms with Crippen LogP contribution in [-0.4, -0.2) is 48.6 Å². The first kappa shape index (κ1) is 17.2. The maximum absolute atomic E-state index is 13.4. The van der Waals surface area contributed by atoms with Crippen molar-refractivity contribution >= 4 is 5.78 Å². The van der Waals surface area contributed by atoms with Gasteiger partial charge in [-0.15, -0.1) is 0 Å². The lowest BCUT2D eigenvalue weighted by molar-refractivity contribution is -0.112. The van der Waals surface area contributed by atoms with Gasteiger partial charge >= 0.3 is 0 Å². The van der Waals surface area contributed by atoms with Gasteiger partial charge in [0.05, 0.1) is 19.1 Å². The van der Waals surface area contributed by atoms with Crippen molar-refractivity contribution in [3.8, 4) is 0 Å². The summed E-state index contributed by atoms with van der Waals surface area (Å²) >= 11 is 0. The van der Waals surface area contributed by atoms with Crippen molar-refractivity contribution < 1.29 is 14.3 Å². The molecule has 0 bridgehead atoms. The van der Waals surface area contributed by atoms with Gasteiger partial charge in [0.15, 0.2) is 5.78 Å². The Morgan fingerprint density at radius 3 is 2.63 bits per heavy atom. The molecule has 0 spiro atoms. The molecule has 142 valence electrons. The van der Waals surface area contributed by atoms with Crippen LogP contribution in [0.5, 0.6) is 0 Å². The SMILES string of the molecule is CC1(C)C2=C(C=CC(C)(N3CCOCC3)C2)C(=O)C2=C1OC1C=CC=CC21. The summed E-state index contributed by atoms with van der Waals surface area (Å²) in [5.41, 5.74) is 2.62. The van der Waals surface area contributed by atoms with Gasteiger partial charge < -0.3 is 9.47 Å². The molecule has 3 atom stereocenters. The number of Topliss-reactive ketones (excluding diaryl/α,β-unsaturated/α-hetero) is 1. The molecule has 1 saturated heterocycles. The van der Waals surface area contributed by atoms with Crippen molar-refractivity contribution in [2.24, 2.45) is 11.3 Å². The summed E-state index contributed by atoms with van der Waals surface area (Å²) in [6, 6.07) is 0. The molecular formula is C23H27NO3. The van der Waals surface area contributed by atoms with Crippen molar-refractivity contribution in [2.45, 2.75) is 38.8 Å². The van der Waals surface area contributed by atoms with E-state index in [-0.39, 0.29) is 28.8 Å². The van der Waals surface area contributed by atoms with E-state index in [2.05, 4.69) is 50.0 Å². The summed E-state index contributed by atoms with van der Waals surface area (Å²) in [6.07, 6.45) is 13.4. The second-order valence-corrected chi connectivity index (χ2v) is 8.93. The molecule has 3 unspecified atom stereocenters. The zero-order chi connectivity index (χ0) is 18.8. The monoisotopic (exact) mass is 365 g/mol. The lowest BCUT2D eigenvalue weighted by Crippen LogP contribution is -2.52. The molecule has 0 radical (unpaired) electrons. The number of morpholine rings is 1. The molecule has 27 heavy (non-hydrogen) atoms. The van der Waals surface area contributed by atoms with Gasteiger partial charge in [0, 0.05) is 35.2 Å². The van der Waals surface area contributed by atoms with Crippen LogP contribution in [-0.2, 0) is 14.3 Å². The van der Waals surface area contributed by atoms with Gasteiger partial charge in [-0.25, -0.2) is 0 Å². The van der Waals surface area contributed by atoms with Crippen LogP contribution in [0, 0.1) is 11.3 Å². The average Bonchev–Trinajstić information content (AvgIpc) is 3.08. The standard InChI is InChI=1S/C23H27NO3/c1-22(2)17-14-23(3,24-10-12-26-13-11-24)9-8-15(17)20(25)19-16-6-4-5-7-18(16)27-21(19)22/h4-9,16,18H,10-14H2,1-3H3. The van der Waals surface area contributed by atoms with E-state index >= 15 is 0 Å². The lowest BCUT2D eigenvalue weighted by atomic mass is 9.65. The normalized spacial score (nSPS) is 37.2. The van der Waals surface area contributed by atoms with Crippen molar-refractivity contribution in [1.29, 1.82) is 0 Å². The molecule has 0 aromatic heterocycles. The summed E-state index contributed by atoms with van der Waals surface area (Å²) in [6.45, 7) is 10.1. The third kappa shape index (κ3) is 2.39. The number of ketones is 1. The summed E-state index contributed by atoms with van der Waals surface area (Å²) in [5, 5.41) is 0. The highest BCUT2D eigenvalue weighted by molar-refractivity contribution is 6.13. The molecule has 0 aromatic carbocycles. The number of nitrogens with zero attached hydrogens (tertiary/aromatic N) is 1. The molecule has 0 amide bonds. The Kier molecular flexibility index (Phi) is 3.69. The average molecular weight is 365 g/mol. The zero-order valence-electron chi connectivity index (χ0n) is 16.3. The molecule has 0 N–H and O–H groups in total. The molecule has 1 fully saturated rings. The van der Waals surface area contributed by atoms with Crippen LogP contribution in [0.3, 0.4) is 0 Å². The van der Waals surface area contributed by atoms with Crippen LogP contribution in [0.2, 0.25) is 0 Å². The van der Waals surface area contributed by atoms with Gasteiger partial charge in [-0.3, -0.25) is 9.69 Å². The number of ether oxygens (including phenoxy) is 2. The van der Waals surface area contributed by atoms with E-state index < -0.39 is 0 Å². The fourth-order valence-corrected chi connectivity index (χ4v) is 5.27. The third-order valence-electron chi connectivity index (χ3n) is 6.93. The number of allylic oxidation sites excluding steroid dienone is 5. The van der Waals surface area contributed by atoms with Gasteiger partial charge in [-0.2, -0.15) is 0 Å². The van der Waals surface area contributed by atoms with Crippen LogP contribution >= 0.6 is 0 Å². The smallest absolute Gasteiger partial charge is 0.193 e. The minimum absolute atomic E-state index is 0.0424. The van der Waals surface area contributed by atoms with Crippen molar-refractivity contribution in [3.63, 3.8) is 0 Å². The highest BCUT2D eigenvalue weighted by atomic mass is 16.5. The van der Waals surface area contributed by atoms with E-state index in [0.29, 0.717) is 0 Å². The summed E-state index contributed by atoms with van der Waals surface area (Å²) in [4.78, 5) is 15.9. The minimum Gasteiger partial charge on any atom is -0.488 e. The van der Waals surface area contributed by atoms with Crippen LogP contribution in [0.25, 0.3) is 0 Å². The van der Waals surface area contributed by atoms with Crippen LogP contribution < -0.4 is 0 Å². The van der Waals surface area contributed by atoms with E-state index in [0.717, 1.165) is 49.6 Å². The highest BCUT2D eigenvalue weighted by Crippen LogP contribution is 2.54. The summed E-state index contributed by atoms with van der Waals surface area (Å²) < 4.78 is 11.9. The number of rotatable bonds is 1. The molecule has 3 aliphatic carbocycles. The van der Waals surface area contributed by atoms with Gasteiger partial charge in [-0.1, -0.05) is 30.4 Å². The highest BCUT2D eigenvalue weighted by Gasteiger charge is 2.52. The number of hydrogen-bond donors (Lipinski definition) is 0. The molecule has 0 aromatic rings. The largest absolute Gasteiger partial charge is 0.488 e. The first-order chi connectivity index (χ1) is 12.9. The Balaban J connectivity index is 1.53. The predicted octanol–water partition coefficient (Wildman–Crippen LogP) is 3.34. The first-order valence-electron chi connectivity index (χ1n) is 9.98. The molecule has 2 aliphatic heterocycles. The molecule has 0 saturated carbocycles. The zero-order valence-corrected chi connectivity index (χ0v) is 16.3. The quantitative estimate of drug-likeness (QED) is 0.714.